The van der Waals surface area contributed by atoms with E-state index in [0.29, 0.717) is 45.8 Å². The Morgan fingerprint density at radius 3 is 1.55 bits per heavy atom. The van der Waals surface area contributed by atoms with Crippen molar-refractivity contribution in [2.75, 3.05) is 36.8 Å². The van der Waals surface area contributed by atoms with Gasteiger partial charge in [-0.15, -0.1) is 0 Å². The van der Waals surface area contributed by atoms with Gasteiger partial charge in [0.25, 0.3) is 0 Å². The quantitative estimate of drug-likeness (QED) is 0.0757. The first-order valence-electron chi connectivity index (χ1n) is 20.1. The predicted molar refractivity (Wildman–Crippen MR) is 217 cm³/mol. The molecule has 6 heterocycles. The molecule has 2 saturated heterocycles. The molecule has 2 aliphatic heterocycles. The van der Waals surface area contributed by atoms with E-state index in [1.165, 1.54) is 0 Å². The van der Waals surface area contributed by atoms with Crippen LogP contribution in [0.25, 0.3) is 11.3 Å². The van der Waals surface area contributed by atoms with E-state index in [-0.39, 0.29) is 49.2 Å². The van der Waals surface area contributed by atoms with Gasteiger partial charge in [0.1, 0.15) is 23.7 Å². The zero-order valence-electron chi connectivity index (χ0n) is 33.3. The van der Waals surface area contributed by atoms with Crippen LogP contribution in [0.4, 0.5) is 16.7 Å². The molecule has 2 aromatic carbocycles. The SMILES string of the molecule is CC(C)c1cnn2c(NCc3ccccc3OC(=O)Oc3ccccc3CNc3nc(OC4CCCNC4)nc4c(C(C)C)cnn34)nc(OC3CCCNC3)nc12. The van der Waals surface area contributed by atoms with Crippen molar-refractivity contribution in [2.45, 2.75) is 90.5 Å². The van der Waals surface area contributed by atoms with Gasteiger partial charge in [0.05, 0.1) is 12.4 Å². The molecule has 2 aliphatic rings. The molecule has 0 saturated carbocycles. The standard InChI is InChI=1S/C41H50N12O5/c1-25(2)31-23-46-52-35(31)48-39(55-29-13-9-17-42-21-29)50-37(52)44-19-27-11-5-7-15-33(27)57-41(54)58-34-16-8-6-12-28(34)20-45-38-51-40(56-30-14-10-18-43-22-30)49-36-32(26(3)4)24-47-53(36)38/h5-8,11-12,15-16,23-26,29-30,42-43H,9-10,13-14,17-22H2,1-4H3,(H,44,48,50)(H,45,49,51). The van der Waals surface area contributed by atoms with Crippen LogP contribution in [-0.4, -0.2) is 83.7 Å². The number of piperidine rings is 2. The first kappa shape index (κ1) is 38.8. The van der Waals surface area contributed by atoms with E-state index in [0.717, 1.165) is 63.0 Å². The fraction of sp³-hybridized carbons (Fsp3) is 0.439. The second-order valence-electron chi connectivity index (χ2n) is 15.2. The number of nitrogens with zero attached hydrogens (tertiary/aromatic N) is 8. The smallest absolute Gasteiger partial charge is 0.459 e. The average Bonchev–Trinajstić information content (AvgIpc) is 3.86. The van der Waals surface area contributed by atoms with E-state index in [9.17, 15) is 4.79 Å². The van der Waals surface area contributed by atoms with Crippen molar-refractivity contribution in [1.82, 2.24) is 49.8 Å². The number of para-hydroxylation sites is 2. The summed E-state index contributed by atoms with van der Waals surface area (Å²) in [6, 6.07) is 15.1. The molecule has 0 bridgehead atoms. The molecule has 0 aliphatic carbocycles. The fourth-order valence-electron chi connectivity index (χ4n) is 7.09. The van der Waals surface area contributed by atoms with E-state index < -0.39 is 6.16 Å². The number of aromatic nitrogens is 8. The minimum Gasteiger partial charge on any atom is -0.459 e. The number of nitrogens with one attached hydrogen (secondary N) is 4. The number of ether oxygens (including phenoxy) is 4. The molecule has 17 nitrogen and oxygen atoms in total. The van der Waals surface area contributed by atoms with Gasteiger partial charge in [0.2, 0.25) is 11.9 Å². The normalized spacial score (nSPS) is 17.1. The molecule has 0 spiro atoms. The van der Waals surface area contributed by atoms with Crippen LogP contribution in [0, 0.1) is 0 Å². The molecule has 0 amide bonds. The molecule has 304 valence electrons. The molecule has 0 radical (unpaired) electrons. The zero-order valence-corrected chi connectivity index (χ0v) is 33.3. The van der Waals surface area contributed by atoms with Crippen molar-refractivity contribution in [3.63, 3.8) is 0 Å². The Bertz CT molecular complexity index is 2190. The highest BCUT2D eigenvalue weighted by molar-refractivity contribution is 5.68. The first-order valence-corrected chi connectivity index (χ1v) is 20.1. The van der Waals surface area contributed by atoms with Gasteiger partial charge in [0, 0.05) is 48.4 Å². The van der Waals surface area contributed by atoms with E-state index in [1.807, 2.05) is 36.7 Å². The second-order valence-corrected chi connectivity index (χ2v) is 15.2. The lowest BCUT2D eigenvalue weighted by Crippen LogP contribution is -2.37. The van der Waals surface area contributed by atoms with Crippen LogP contribution < -0.4 is 40.2 Å². The van der Waals surface area contributed by atoms with E-state index in [2.05, 4.69) is 59.2 Å². The number of benzene rings is 2. The number of carbonyl (C=O) groups excluding carboxylic acids is 1. The van der Waals surface area contributed by atoms with Gasteiger partial charge in [-0.25, -0.2) is 4.79 Å². The summed E-state index contributed by atoms with van der Waals surface area (Å²) in [4.78, 5) is 32.3. The van der Waals surface area contributed by atoms with E-state index in [1.54, 1.807) is 33.3 Å². The third-order valence-corrected chi connectivity index (χ3v) is 10.2. The van der Waals surface area contributed by atoms with Gasteiger partial charge in [-0.2, -0.15) is 39.2 Å². The van der Waals surface area contributed by atoms with Crippen LogP contribution in [0.1, 0.15) is 87.5 Å². The Hall–Kier alpha value is -6.07. The summed E-state index contributed by atoms with van der Waals surface area (Å²) in [6.45, 7) is 12.3. The van der Waals surface area contributed by atoms with Gasteiger partial charge >= 0.3 is 18.2 Å². The number of hydrogen-bond acceptors (Lipinski definition) is 15. The number of anilines is 2. The molecule has 6 aromatic rings. The Kier molecular flexibility index (Phi) is 11.8. The molecule has 4 N–H and O–H groups in total. The lowest BCUT2D eigenvalue weighted by molar-refractivity contribution is 0.151. The largest absolute Gasteiger partial charge is 0.519 e. The van der Waals surface area contributed by atoms with Crippen molar-refractivity contribution >= 4 is 29.3 Å². The van der Waals surface area contributed by atoms with Crippen LogP contribution in [0.5, 0.6) is 23.5 Å². The summed E-state index contributed by atoms with van der Waals surface area (Å²) < 4.78 is 27.4. The Morgan fingerprint density at radius 2 is 1.14 bits per heavy atom. The minimum absolute atomic E-state index is 0.0236. The third-order valence-electron chi connectivity index (χ3n) is 10.2. The van der Waals surface area contributed by atoms with Crippen molar-refractivity contribution in [2.24, 2.45) is 0 Å². The number of hydrogen-bond donors (Lipinski definition) is 4. The summed E-state index contributed by atoms with van der Waals surface area (Å²) in [5, 5.41) is 22.6. The summed E-state index contributed by atoms with van der Waals surface area (Å²) >= 11 is 0. The summed E-state index contributed by atoms with van der Waals surface area (Å²) in [6.07, 6.45) is 6.58. The third kappa shape index (κ3) is 8.89. The maximum Gasteiger partial charge on any atom is 0.519 e. The Labute approximate surface area is 336 Å². The monoisotopic (exact) mass is 790 g/mol. The molecule has 2 atom stereocenters. The van der Waals surface area contributed by atoms with Gasteiger partial charge in [-0.05, 0) is 62.7 Å². The van der Waals surface area contributed by atoms with Gasteiger partial charge in [-0.3, -0.25) is 0 Å². The summed E-state index contributed by atoms with van der Waals surface area (Å²) in [5.41, 5.74) is 4.71. The lowest BCUT2D eigenvalue weighted by Gasteiger charge is -2.23. The Morgan fingerprint density at radius 1 is 0.690 bits per heavy atom. The lowest BCUT2D eigenvalue weighted by atomic mass is 10.1. The second kappa shape index (κ2) is 17.6. The number of fused-ring (bicyclic) bond motifs is 2. The summed E-state index contributed by atoms with van der Waals surface area (Å²) in [7, 11) is 0. The number of rotatable bonds is 14. The molecule has 17 heteroatoms. The molecule has 2 unspecified atom stereocenters. The van der Waals surface area contributed by atoms with Crippen molar-refractivity contribution in [3.05, 3.63) is 83.2 Å². The predicted octanol–water partition coefficient (Wildman–Crippen LogP) is 5.87. The van der Waals surface area contributed by atoms with Crippen LogP contribution in [0.15, 0.2) is 60.9 Å². The first-order chi connectivity index (χ1) is 28.3. The molecule has 4 aromatic heterocycles. The highest BCUT2D eigenvalue weighted by Gasteiger charge is 2.23. The molecular weight excluding hydrogens is 741 g/mol. The van der Waals surface area contributed by atoms with Crippen molar-refractivity contribution in [3.8, 4) is 23.5 Å². The molecule has 8 rings (SSSR count). The topological polar surface area (TPSA) is 188 Å². The maximum absolute atomic E-state index is 13.4. The zero-order chi connectivity index (χ0) is 40.0. The van der Waals surface area contributed by atoms with Crippen LogP contribution in [0.2, 0.25) is 0 Å². The molecule has 58 heavy (non-hydrogen) atoms. The maximum atomic E-state index is 13.4. The number of carbonyl (C=O) groups is 1. The van der Waals surface area contributed by atoms with Crippen molar-refractivity contribution in [1.29, 1.82) is 0 Å². The van der Waals surface area contributed by atoms with E-state index in [4.69, 9.17) is 38.9 Å². The Balaban J connectivity index is 0.961. The molecular formula is C41H50N12O5. The fourth-order valence-corrected chi connectivity index (χ4v) is 7.09. The van der Waals surface area contributed by atoms with Crippen LogP contribution >= 0.6 is 0 Å². The van der Waals surface area contributed by atoms with Crippen LogP contribution in [-0.2, 0) is 13.1 Å². The summed E-state index contributed by atoms with van der Waals surface area (Å²) in [5.74, 6) is 1.96. The highest BCUT2D eigenvalue weighted by atomic mass is 16.7. The minimum atomic E-state index is -0.885. The van der Waals surface area contributed by atoms with Crippen LogP contribution in [0.3, 0.4) is 0 Å². The molecule has 2 fully saturated rings. The van der Waals surface area contributed by atoms with Gasteiger partial charge < -0.3 is 40.2 Å². The van der Waals surface area contributed by atoms with E-state index >= 15 is 0 Å². The average molecular weight is 791 g/mol. The van der Waals surface area contributed by atoms with Crippen molar-refractivity contribution < 1.29 is 23.7 Å². The van der Waals surface area contributed by atoms with Gasteiger partial charge in [-0.1, -0.05) is 64.1 Å². The highest BCUT2D eigenvalue weighted by Crippen LogP contribution is 2.28. The van der Waals surface area contributed by atoms with Gasteiger partial charge in [0.15, 0.2) is 11.3 Å².